The molecule has 1 aromatic rings. The number of anilines is 2. The molecule has 0 aliphatic heterocycles. The molecule has 1 fully saturated rings. The van der Waals surface area contributed by atoms with Crippen molar-refractivity contribution in [3.63, 3.8) is 0 Å². The van der Waals surface area contributed by atoms with Crippen molar-refractivity contribution in [1.29, 1.82) is 0 Å². The molecule has 1 saturated carbocycles. The van der Waals surface area contributed by atoms with Gasteiger partial charge in [0.2, 0.25) is 0 Å². The Morgan fingerprint density at radius 1 is 1.45 bits per heavy atom. The lowest BCUT2D eigenvalue weighted by atomic mass is 10.2. The SMILES string of the molecule is CCC(C)Nc1sc(C(=O)NC2CC2)c(N)c1C(N)=O. The van der Waals surface area contributed by atoms with E-state index in [1.807, 2.05) is 13.8 Å². The summed E-state index contributed by atoms with van der Waals surface area (Å²) in [5.74, 6) is -0.843. The van der Waals surface area contributed by atoms with E-state index in [1.165, 1.54) is 11.3 Å². The van der Waals surface area contributed by atoms with Crippen molar-refractivity contribution in [2.75, 3.05) is 11.1 Å². The zero-order valence-corrected chi connectivity index (χ0v) is 12.5. The summed E-state index contributed by atoms with van der Waals surface area (Å²) in [6, 6.07) is 0.414. The van der Waals surface area contributed by atoms with Gasteiger partial charge in [0.05, 0.1) is 11.3 Å². The molecule has 1 atom stereocenters. The molecule has 7 heteroatoms. The highest BCUT2D eigenvalue weighted by atomic mass is 32.1. The molecule has 2 amide bonds. The summed E-state index contributed by atoms with van der Waals surface area (Å²) < 4.78 is 0. The quantitative estimate of drug-likeness (QED) is 0.638. The first kappa shape index (κ1) is 14.6. The molecule has 2 rings (SSSR count). The fourth-order valence-electron chi connectivity index (χ4n) is 1.76. The molecule has 0 saturated heterocycles. The average Bonchev–Trinajstić information content (AvgIpc) is 3.12. The van der Waals surface area contributed by atoms with Crippen LogP contribution in [0.25, 0.3) is 0 Å². The minimum atomic E-state index is -0.616. The summed E-state index contributed by atoms with van der Waals surface area (Å²) in [6.07, 6.45) is 2.88. The molecular weight excluding hydrogens is 276 g/mol. The Bertz CT molecular complexity index is 537. The smallest absolute Gasteiger partial charge is 0.263 e. The van der Waals surface area contributed by atoms with Crippen molar-refractivity contribution in [3.05, 3.63) is 10.4 Å². The first-order chi connectivity index (χ1) is 9.43. The van der Waals surface area contributed by atoms with E-state index in [0.29, 0.717) is 9.88 Å². The molecule has 1 aromatic heterocycles. The van der Waals surface area contributed by atoms with Gasteiger partial charge in [0, 0.05) is 12.1 Å². The summed E-state index contributed by atoms with van der Waals surface area (Å²) >= 11 is 1.19. The number of thiophene rings is 1. The summed E-state index contributed by atoms with van der Waals surface area (Å²) in [5, 5.41) is 6.63. The fraction of sp³-hybridized carbons (Fsp3) is 0.538. The zero-order valence-electron chi connectivity index (χ0n) is 11.7. The predicted molar refractivity (Wildman–Crippen MR) is 81.1 cm³/mol. The molecule has 0 bridgehead atoms. The first-order valence-corrected chi connectivity index (χ1v) is 7.55. The zero-order chi connectivity index (χ0) is 14.9. The normalized spacial score (nSPS) is 15.7. The number of primary amides is 1. The van der Waals surface area contributed by atoms with Crippen LogP contribution in [0.5, 0.6) is 0 Å². The van der Waals surface area contributed by atoms with Gasteiger partial charge in [0.25, 0.3) is 11.8 Å². The number of amides is 2. The predicted octanol–water partition coefficient (Wildman–Crippen LogP) is 1.53. The maximum Gasteiger partial charge on any atom is 0.263 e. The average molecular weight is 296 g/mol. The van der Waals surface area contributed by atoms with Crippen molar-refractivity contribution >= 4 is 33.8 Å². The molecule has 1 unspecified atom stereocenters. The molecule has 0 spiro atoms. The van der Waals surface area contributed by atoms with Crippen LogP contribution in [0.3, 0.4) is 0 Å². The second-order valence-corrected chi connectivity index (χ2v) is 6.14. The van der Waals surface area contributed by atoms with E-state index in [2.05, 4.69) is 10.6 Å². The number of hydrogen-bond donors (Lipinski definition) is 4. The number of nitrogens with two attached hydrogens (primary N) is 2. The number of rotatable bonds is 6. The summed E-state index contributed by atoms with van der Waals surface area (Å²) in [5.41, 5.74) is 11.7. The van der Waals surface area contributed by atoms with Gasteiger partial charge in [-0.15, -0.1) is 11.3 Å². The highest BCUT2D eigenvalue weighted by Gasteiger charge is 2.29. The lowest BCUT2D eigenvalue weighted by Crippen LogP contribution is -2.25. The third-order valence-electron chi connectivity index (χ3n) is 3.30. The van der Waals surface area contributed by atoms with Gasteiger partial charge in [0.1, 0.15) is 9.88 Å². The van der Waals surface area contributed by atoms with E-state index in [0.717, 1.165) is 19.3 Å². The minimum absolute atomic E-state index is 0.172. The second-order valence-electron chi connectivity index (χ2n) is 5.11. The van der Waals surface area contributed by atoms with Crippen LogP contribution in [0.2, 0.25) is 0 Å². The molecule has 0 aromatic carbocycles. The number of nitrogen functional groups attached to an aromatic ring is 1. The van der Waals surface area contributed by atoms with E-state index in [1.54, 1.807) is 0 Å². The largest absolute Gasteiger partial charge is 0.397 e. The number of hydrogen-bond acceptors (Lipinski definition) is 5. The summed E-state index contributed by atoms with van der Waals surface area (Å²) in [7, 11) is 0. The topological polar surface area (TPSA) is 110 Å². The number of carbonyl (C=O) groups excluding carboxylic acids is 2. The monoisotopic (exact) mass is 296 g/mol. The highest BCUT2D eigenvalue weighted by Crippen LogP contribution is 2.36. The Balaban J connectivity index is 2.30. The Hall–Kier alpha value is -1.76. The highest BCUT2D eigenvalue weighted by molar-refractivity contribution is 7.19. The first-order valence-electron chi connectivity index (χ1n) is 6.73. The van der Waals surface area contributed by atoms with Gasteiger partial charge >= 0.3 is 0 Å². The van der Waals surface area contributed by atoms with Crippen LogP contribution in [0.1, 0.15) is 53.1 Å². The molecule has 6 N–H and O–H groups in total. The van der Waals surface area contributed by atoms with Crippen LogP contribution >= 0.6 is 11.3 Å². The molecule has 110 valence electrons. The third kappa shape index (κ3) is 3.04. The van der Waals surface area contributed by atoms with E-state index < -0.39 is 5.91 Å². The van der Waals surface area contributed by atoms with Crippen LogP contribution in [-0.4, -0.2) is 23.9 Å². The number of nitrogens with one attached hydrogen (secondary N) is 2. The standard InChI is InChI=1S/C13H20N4O2S/c1-3-6(2)16-13-8(11(15)18)9(14)10(20-13)12(19)17-7-4-5-7/h6-7,16H,3-5,14H2,1-2H3,(H2,15,18)(H,17,19). The van der Waals surface area contributed by atoms with Gasteiger partial charge in [-0.05, 0) is 26.2 Å². The van der Waals surface area contributed by atoms with Gasteiger partial charge in [-0.3, -0.25) is 9.59 Å². The molecule has 0 radical (unpaired) electrons. The molecule has 1 aliphatic rings. The summed E-state index contributed by atoms with van der Waals surface area (Å²) in [4.78, 5) is 24.0. The lowest BCUT2D eigenvalue weighted by molar-refractivity contribution is 0.0955. The van der Waals surface area contributed by atoms with E-state index in [-0.39, 0.29) is 29.2 Å². The molecular formula is C13H20N4O2S. The van der Waals surface area contributed by atoms with Gasteiger partial charge < -0.3 is 22.1 Å². The van der Waals surface area contributed by atoms with E-state index in [4.69, 9.17) is 11.5 Å². The second kappa shape index (κ2) is 5.70. The van der Waals surface area contributed by atoms with Crippen LogP contribution in [0, 0.1) is 0 Å². The van der Waals surface area contributed by atoms with E-state index in [9.17, 15) is 9.59 Å². The van der Waals surface area contributed by atoms with Gasteiger partial charge in [0.15, 0.2) is 0 Å². The van der Waals surface area contributed by atoms with Crippen molar-refractivity contribution in [1.82, 2.24) is 5.32 Å². The molecule has 1 aliphatic carbocycles. The Kier molecular flexibility index (Phi) is 4.17. The van der Waals surface area contributed by atoms with Crippen LogP contribution < -0.4 is 22.1 Å². The fourth-order valence-corrected chi connectivity index (χ4v) is 2.90. The molecule has 6 nitrogen and oxygen atoms in total. The Labute approximate surface area is 121 Å². The number of carbonyl (C=O) groups is 2. The van der Waals surface area contributed by atoms with Crippen molar-refractivity contribution < 1.29 is 9.59 Å². The van der Waals surface area contributed by atoms with Gasteiger partial charge in [-0.25, -0.2) is 0 Å². The van der Waals surface area contributed by atoms with Crippen LogP contribution in [0.15, 0.2) is 0 Å². The lowest BCUT2D eigenvalue weighted by Gasteiger charge is -2.11. The maximum absolute atomic E-state index is 12.1. The van der Waals surface area contributed by atoms with Crippen molar-refractivity contribution in [2.24, 2.45) is 5.73 Å². The Morgan fingerprint density at radius 3 is 2.60 bits per heavy atom. The van der Waals surface area contributed by atoms with Gasteiger partial charge in [-0.2, -0.15) is 0 Å². The Morgan fingerprint density at radius 2 is 2.10 bits per heavy atom. The van der Waals surface area contributed by atoms with Crippen LogP contribution in [0.4, 0.5) is 10.7 Å². The molecule has 1 heterocycles. The summed E-state index contributed by atoms with van der Waals surface area (Å²) in [6.45, 7) is 4.02. The third-order valence-corrected chi connectivity index (χ3v) is 4.44. The van der Waals surface area contributed by atoms with Crippen molar-refractivity contribution in [2.45, 2.75) is 45.2 Å². The van der Waals surface area contributed by atoms with Crippen molar-refractivity contribution in [3.8, 4) is 0 Å². The minimum Gasteiger partial charge on any atom is -0.397 e. The van der Waals surface area contributed by atoms with E-state index >= 15 is 0 Å². The maximum atomic E-state index is 12.1. The van der Waals surface area contributed by atoms with Crippen LogP contribution in [-0.2, 0) is 0 Å². The van der Waals surface area contributed by atoms with Gasteiger partial charge in [-0.1, -0.05) is 6.92 Å². The molecule has 20 heavy (non-hydrogen) atoms.